The molecule has 0 saturated carbocycles. The number of H-pyrrole nitrogens is 1. The Labute approximate surface area is 123 Å². The number of nitrogens with zero attached hydrogens (tertiary/aromatic N) is 3. The van der Waals surface area contributed by atoms with E-state index in [2.05, 4.69) is 22.1 Å². The van der Waals surface area contributed by atoms with E-state index in [0.717, 1.165) is 24.2 Å². The summed E-state index contributed by atoms with van der Waals surface area (Å²) in [6.45, 7) is 2.59. The average Bonchev–Trinajstić information content (AvgIpc) is 2.85. The van der Waals surface area contributed by atoms with Crippen molar-refractivity contribution in [3.63, 3.8) is 0 Å². The summed E-state index contributed by atoms with van der Waals surface area (Å²) in [4.78, 5) is 17.7. The Bertz CT molecular complexity index is 596. The van der Waals surface area contributed by atoms with E-state index in [9.17, 15) is 4.79 Å². The van der Waals surface area contributed by atoms with E-state index in [-0.39, 0.29) is 5.91 Å². The van der Waals surface area contributed by atoms with Crippen LogP contribution in [0.15, 0.2) is 24.4 Å². The fourth-order valence-electron chi connectivity index (χ4n) is 1.96. The number of aromatic amines is 1. The fourth-order valence-corrected chi connectivity index (χ4v) is 2.13. The van der Waals surface area contributed by atoms with Gasteiger partial charge in [-0.2, -0.15) is 5.10 Å². The predicted molar refractivity (Wildman–Crippen MR) is 77.6 cm³/mol. The normalized spacial score (nSPS) is 10.6. The largest absolute Gasteiger partial charge is 0.336 e. The molecule has 2 rings (SSSR count). The van der Waals surface area contributed by atoms with Crippen molar-refractivity contribution in [2.75, 3.05) is 7.05 Å². The monoisotopic (exact) mass is 292 g/mol. The highest BCUT2D eigenvalue weighted by atomic mass is 35.5. The van der Waals surface area contributed by atoms with E-state index in [4.69, 9.17) is 11.6 Å². The molecule has 2 aromatic heterocycles. The number of nitrogens with one attached hydrogen (secondary N) is 1. The smallest absolute Gasteiger partial charge is 0.254 e. The Balaban J connectivity index is 2.03. The fraction of sp³-hybridized carbons (Fsp3) is 0.357. The van der Waals surface area contributed by atoms with Crippen molar-refractivity contribution in [1.82, 2.24) is 20.1 Å². The van der Waals surface area contributed by atoms with Crippen LogP contribution in [0.25, 0.3) is 0 Å². The molecule has 20 heavy (non-hydrogen) atoms. The molecule has 6 heteroatoms. The van der Waals surface area contributed by atoms with Gasteiger partial charge in [-0.25, -0.2) is 4.98 Å². The van der Waals surface area contributed by atoms with Crippen LogP contribution in [0.5, 0.6) is 0 Å². The highest BCUT2D eigenvalue weighted by Gasteiger charge is 2.13. The quantitative estimate of drug-likeness (QED) is 0.862. The second kappa shape index (κ2) is 6.52. The number of carbonyl (C=O) groups excluding carboxylic acids is 1. The van der Waals surface area contributed by atoms with Crippen LogP contribution < -0.4 is 0 Å². The number of aromatic nitrogens is 3. The van der Waals surface area contributed by atoms with Crippen molar-refractivity contribution in [1.29, 1.82) is 0 Å². The van der Waals surface area contributed by atoms with Gasteiger partial charge < -0.3 is 4.90 Å². The number of rotatable bonds is 5. The van der Waals surface area contributed by atoms with E-state index in [1.165, 1.54) is 6.20 Å². The third-order valence-corrected chi connectivity index (χ3v) is 3.12. The standard InChI is InChI=1S/C14H17ClN4O/c1-3-4-11-8-12(18-17-11)9-19(2)14(20)10-5-6-16-13(15)7-10/h5-8H,3-4,9H2,1-2H3,(H,17,18). The van der Waals surface area contributed by atoms with E-state index in [1.807, 2.05) is 6.07 Å². The third kappa shape index (κ3) is 3.57. The minimum atomic E-state index is -0.0964. The molecule has 2 heterocycles. The molecule has 0 aliphatic rings. The molecule has 0 bridgehead atoms. The molecule has 0 atom stereocenters. The van der Waals surface area contributed by atoms with E-state index >= 15 is 0 Å². The number of hydrogen-bond acceptors (Lipinski definition) is 3. The maximum Gasteiger partial charge on any atom is 0.254 e. The van der Waals surface area contributed by atoms with Crippen molar-refractivity contribution in [3.05, 3.63) is 46.5 Å². The molecule has 5 nitrogen and oxygen atoms in total. The average molecular weight is 293 g/mol. The summed E-state index contributed by atoms with van der Waals surface area (Å²) >= 11 is 5.79. The van der Waals surface area contributed by atoms with Gasteiger partial charge in [0.05, 0.1) is 17.9 Å². The van der Waals surface area contributed by atoms with Gasteiger partial charge in [-0.15, -0.1) is 0 Å². The Morgan fingerprint density at radius 2 is 2.25 bits per heavy atom. The van der Waals surface area contributed by atoms with Crippen molar-refractivity contribution >= 4 is 17.5 Å². The van der Waals surface area contributed by atoms with Crippen LogP contribution in [0.3, 0.4) is 0 Å². The van der Waals surface area contributed by atoms with Crippen molar-refractivity contribution in [2.45, 2.75) is 26.3 Å². The van der Waals surface area contributed by atoms with Crippen LogP contribution in [0.4, 0.5) is 0 Å². The molecule has 1 N–H and O–H groups in total. The molecule has 106 valence electrons. The first-order valence-electron chi connectivity index (χ1n) is 6.50. The molecule has 0 saturated heterocycles. The molecule has 0 fully saturated rings. The summed E-state index contributed by atoms with van der Waals surface area (Å²) < 4.78 is 0. The molecular formula is C14H17ClN4O. The zero-order chi connectivity index (χ0) is 14.5. The minimum Gasteiger partial charge on any atom is -0.336 e. The Kier molecular flexibility index (Phi) is 4.74. The molecule has 0 aromatic carbocycles. The van der Waals surface area contributed by atoms with Crippen LogP contribution in [0, 0.1) is 0 Å². The van der Waals surface area contributed by atoms with Crippen molar-refractivity contribution in [2.24, 2.45) is 0 Å². The van der Waals surface area contributed by atoms with Crippen LogP contribution in [-0.4, -0.2) is 33.0 Å². The number of pyridine rings is 1. The molecule has 0 aliphatic heterocycles. The highest BCUT2D eigenvalue weighted by molar-refractivity contribution is 6.29. The Hall–Kier alpha value is -1.88. The summed E-state index contributed by atoms with van der Waals surface area (Å²) in [5.74, 6) is -0.0964. The lowest BCUT2D eigenvalue weighted by molar-refractivity contribution is 0.0783. The lowest BCUT2D eigenvalue weighted by Crippen LogP contribution is -2.26. The number of aryl methyl sites for hydroxylation is 1. The van der Waals surface area contributed by atoms with Crippen LogP contribution >= 0.6 is 11.6 Å². The summed E-state index contributed by atoms with van der Waals surface area (Å²) in [6, 6.07) is 5.21. The first-order chi connectivity index (χ1) is 9.60. The van der Waals surface area contributed by atoms with Gasteiger partial charge in [-0.05, 0) is 24.6 Å². The van der Waals surface area contributed by atoms with Crippen LogP contribution in [0.1, 0.15) is 35.1 Å². The molecule has 2 aromatic rings. The minimum absolute atomic E-state index is 0.0964. The van der Waals surface area contributed by atoms with E-state index in [0.29, 0.717) is 17.3 Å². The van der Waals surface area contributed by atoms with Gasteiger partial charge in [0.1, 0.15) is 5.15 Å². The Morgan fingerprint density at radius 1 is 1.45 bits per heavy atom. The first-order valence-corrected chi connectivity index (χ1v) is 6.88. The second-order valence-electron chi connectivity index (χ2n) is 4.66. The number of amides is 1. The van der Waals surface area contributed by atoms with Crippen LogP contribution in [0.2, 0.25) is 5.15 Å². The molecule has 0 unspecified atom stereocenters. The first kappa shape index (κ1) is 14.5. The highest BCUT2D eigenvalue weighted by Crippen LogP contribution is 2.11. The molecule has 0 spiro atoms. The van der Waals surface area contributed by atoms with Gasteiger partial charge in [-0.1, -0.05) is 24.9 Å². The molecule has 0 aliphatic carbocycles. The van der Waals surface area contributed by atoms with Gasteiger partial charge in [0, 0.05) is 18.8 Å². The second-order valence-corrected chi connectivity index (χ2v) is 5.05. The maximum absolute atomic E-state index is 12.2. The summed E-state index contributed by atoms with van der Waals surface area (Å²) in [7, 11) is 1.75. The summed E-state index contributed by atoms with van der Waals surface area (Å²) in [6.07, 6.45) is 3.52. The lowest BCUT2D eigenvalue weighted by atomic mass is 10.2. The van der Waals surface area contributed by atoms with E-state index < -0.39 is 0 Å². The third-order valence-electron chi connectivity index (χ3n) is 2.92. The van der Waals surface area contributed by atoms with Gasteiger partial charge in [0.15, 0.2) is 0 Å². The zero-order valence-corrected chi connectivity index (χ0v) is 12.3. The van der Waals surface area contributed by atoms with Gasteiger partial charge in [0.25, 0.3) is 5.91 Å². The SMILES string of the molecule is CCCc1cc(CN(C)C(=O)c2ccnc(Cl)c2)[nH]n1. The van der Waals surface area contributed by atoms with Gasteiger partial charge in [-0.3, -0.25) is 9.89 Å². The Morgan fingerprint density at radius 3 is 2.95 bits per heavy atom. The van der Waals surface area contributed by atoms with E-state index in [1.54, 1.807) is 24.1 Å². The van der Waals surface area contributed by atoms with Gasteiger partial charge >= 0.3 is 0 Å². The molecule has 1 amide bonds. The molecule has 0 radical (unpaired) electrons. The summed E-state index contributed by atoms with van der Waals surface area (Å²) in [5.41, 5.74) is 2.47. The topological polar surface area (TPSA) is 61.9 Å². The van der Waals surface area contributed by atoms with Gasteiger partial charge in [0.2, 0.25) is 0 Å². The zero-order valence-electron chi connectivity index (χ0n) is 11.6. The van der Waals surface area contributed by atoms with Crippen molar-refractivity contribution < 1.29 is 4.79 Å². The predicted octanol–water partition coefficient (Wildman–Crippen LogP) is 2.68. The maximum atomic E-state index is 12.2. The number of halogens is 1. The van der Waals surface area contributed by atoms with Crippen LogP contribution in [-0.2, 0) is 13.0 Å². The number of hydrogen-bond donors (Lipinski definition) is 1. The number of carbonyl (C=O) groups is 1. The van der Waals surface area contributed by atoms with Crippen molar-refractivity contribution in [3.8, 4) is 0 Å². The lowest BCUT2D eigenvalue weighted by Gasteiger charge is -2.16. The summed E-state index contributed by atoms with van der Waals surface area (Å²) in [5, 5.41) is 7.48. The molecular weight excluding hydrogens is 276 g/mol.